The van der Waals surface area contributed by atoms with Crippen LogP contribution in [0.15, 0.2) is 29.2 Å². The minimum atomic E-state index is -3.65. The van der Waals surface area contributed by atoms with Gasteiger partial charge in [-0.15, -0.1) is 0 Å². The number of sulfonamides is 1. The van der Waals surface area contributed by atoms with Gasteiger partial charge >= 0.3 is 5.97 Å². The summed E-state index contributed by atoms with van der Waals surface area (Å²) >= 11 is 0. The first-order chi connectivity index (χ1) is 12.8. The molecule has 0 unspecified atom stereocenters. The molecule has 8 heteroatoms. The second kappa shape index (κ2) is 9.85. The smallest absolute Gasteiger partial charge is 0.338 e. The number of ether oxygens (including phenoxy) is 1. The van der Waals surface area contributed by atoms with E-state index in [4.69, 9.17) is 4.74 Å². The van der Waals surface area contributed by atoms with E-state index in [0.29, 0.717) is 13.1 Å². The molecule has 1 amide bonds. The van der Waals surface area contributed by atoms with Crippen molar-refractivity contribution in [3.63, 3.8) is 0 Å². The molecule has 0 spiro atoms. The quantitative estimate of drug-likeness (QED) is 0.714. The van der Waals surface area contributed by atoms with Gasteiger partial charge < -0.3 is 10.1 Å². The zero-order valence-corrected chi connectivity index (χ0v) is 16.8. The summed E-state index contributed by atoms with van der Waals surface area (Å²) in [7, 11) is -3.65. The topological polar surface area (TPSA) is 92.8 Å². The molecule has 1 fully saturated rings. The predicted octanol–water partition coefficient (Wildman–Crippen LogP) is 2.32. The maximum atomic E-state index is 12.8. The third-order valence-electron chi connectivity index (χ3n) is 4.63. The fraction of sp³-hybridized carbons (Fsp3) is 0.579. The number of carbonyl (C=O) groups excluding carboxylic acids is 2. The van der Waals surface area contributed by atoms with Crippen LogP contribution in [0.3, 0.4) is 0 Å². The van der Waals surface area contributed by atoms with Crippen molar-refractivity contribution >= 4 is 21.9 Å². The van der Waals surface area contributed by atoms with Crippen LogP contribution < -0.4 is 5.32 Å². The molecule has 2 rings (SSSR count). The Morgan fingerprint density at radius 1 is 1.19 bits per heavy atom. The highest BCUT2D eigenvalue weighted by Crippen LogP contribution is 2.21. The Hall–Kier alpha value is -1.93. The molecule has 0 bridgehead atoms. The van der Waals surface area contributed by atoms with E-state index < -0.39 is 22.6 Å². The van der Waals surface area contributed by atoms with E-state index in [1.54, 1.807) is 0 Å². The molecule has 1 aliphatic heterocycles. The monoisotopic (exact) mass is 396 g/mol. The number of carbonyl (C=O) groups is 2. The highest BCUT2D eigenvalue weighted by Gasteiger charge is 2.26. The van der Waals surface area contributed by atoms with Gasteiger partial charge in [-0.1, -0.05) is 25.8 Å². The summed E-state index contributed by atoms with van der Waals surface area (Å²) in [5.74, 6) is -1.10. The minimum Gasteiger partial charge on any atom is -0.452 e. The van der Waals surface area contributed by atoms with E-state index in [1.807, 2.05) is 13.8 Å². The van der Waals surface area contributed by atoms with Gasteiger partial charge in [0.1, 0.15) is 0 Å². The molecule has 7 nitrogen and oxygen atoms in total. The van der Waals surface area contributed by atoms with Gasteiger partial charge in [-0.05, 0) is 44.4 Å². The van der Waals surface area contributed by atoms with Crippen molar-refractivity contribution in [2.45, 2.75) is 56.9 Å². The van der Waals surface area contributed by atoms with Gasteiger partial charge in [0.2, 0.25) is 10.0 Å². The third-order valence-corrected chi connectivity index (χ3v) is 6.52. The summed E-state index contributed by atoms with van der Waals surface area (Å²) in [4.78, 5) is 24.0. The Labute approximate surface area is 161 Å². The Bertz CT molecular complexity index is 755. The molecule has 1 heterocycles. The molecule has 0 aliphatic carbocycles. The molecule has 27 heavy (non-hydrogen) atoms. The van der Waals surface area contributed by atoms with Crippen LogP contribution in [0, 0.1) is 0 Å². The zero-order chi connectivity index (χ0) is 19.9. The first kappa shape index (κ1) is 21.4. The number of esters is 1. The Kier molecular flexibility index (Phi) is 7.79. The van der Waals surface area contributed by atoms with Crippen molar-refractivity contribution in [3.05, 3.63) is 29.8 Å². The maximum Gasteiger partial charge on any atom is 0.338 e. The summed E-state index contributed by atoms with van der Waals surface area (Å²) in [6, 6.07) is 5.79. The summed E-state index contributed by atoms with van der Waals surface area (Å²) in [5, 5.41) is 2.70. The van der Waals surface area contributed by atoms with Crippen molar-refractivity contribution in [3.8, 4) is 0 Å². The predicted molar refractivity (Wildman–Crippen MR) is 102 cm³/mol. The lowest BCUT2D eigenvalue weighted by atomic mass is 10.2. The number of benzene rings is 1. The van der Waals surface area contributed by atoms with Gasteiger partial charge in [0.15, 0.2) is 6.61 Å². The third kappa shape index (κ3) is 6.04. The van der Waals surface area contributed by atoms with Gasteiger partial charge in [-0.25, -0.2) is 13.2 Å². The number of nitrogens with zero attached hydrogens (tertiary/aromatic N) is 1. The number of amides is 1. The second-order valence-corrected chi connectivity index (χ2v) is 8.74. The van der Waals surface area contributed by atoms with Gasteiger partial charge in [0.05, 0.1) is 10.5 Å². The largest absolute Gasteiger partial charge is 0.452 e. The van der Waals surface area contributed by atoms with Gasteiger partial charge in [0.25, 0.3) is 5.91 Å². The Balaban J connectivity index is 2.05. The standard InChI is InChI=1S/C19H28N2O5S/c1-3-15(2)20-18(22)14-26-19(23)16-9-8-10-17(13-16)27(24,25)21-11-6-4-5-7-12-21/h8-10,13,15H,3-7,11-12,14H2,1-2H3,(H,20,22)/t15-/m0/s1. The Morgan fingerprint density at radius 2 is 1.85 bits per heavy atom. The minimum absolute atomic E-state index is 0.00158. The van der Waals surface area contributed by atoms with Gasteiger partial charge in [0, 0.05) is 19.1 Å². The molecule has 1 aromatic rings. The molecule has 1 aliphatic rings. The zero-order valence-electron chi connectivity index (χ0n) is 15.9. The normalized spacial score (nSPS) is 17.0. The van der Waals surface area contributed by atoms with Crippen LogP contribution in [-0.4, -0.2) is 50.3 Å². The van der Waals surface area contributed by atoms with Crippen molar-refractivity contribution in [1.29, 1.82) is 0 Å². The van der Waals surface area contributed by atoms with Crippen LogP contribution in [0.4, 0.5) is 0 Å². The fourth-order valence-electron chi connectivity index (χ4n) is 2.85. The fourth-order valence-corrected chi connectivity index (χ4v) is 4.41. The molecule has 0 radical (unpaired) electrons. The van der Waals surface area contributed by atoms with Crippen LogP contribution in [-0.2, 0) is 19.6 Å². The summed E-state index contributed by atoms with van der Waals surface area (Å²) in [6.07, 6.45) is 4.50. The van der Waals surface area contributed by atoms with E-state index in [9.17, 15) is 18.0 Å². The molecule has 0 saturated carbocycles. The van der Waals surface area contributed by atoms with E-state index in [0.717, 1.165) is 32.1 Å². The van der Waals surface area contributed by atoms with Gasteiger partial charge in [-0.3, -0.25) is 4.79 Å². The van der Waals surface area contributed by atoms with Crippen molar-refractivity contribution in [2.24, 2.45) is 0 Å². The number of rotatable bonds is 7. The summed E-state index contributed by atoms with van der Waals surface area (Å²) < 4.78 is 32.2. The van der Waals surface area contributed by atoms with E-state index in [2.05, 4.69) is 5.32 Å². The molecule has 1 aromatic carbocycles. The molecular weight excluding hydrogens is 368 g/mol. The van der Waals surface area contributed by atoms with Crippen LogP contribution in [0.25, 0.3) is 0 Å². The average Bonchev–Trinajstić information content (AvgIpc) is 2.96. The average molecular weight is 397 g/mol. The lowest BCUT2D eigenvalue weighted by molar-refractivity contribution is -0.124. The molecular formula is C19H28N2O5S. The summed E-state index contributed by atoms with van der Waals surface area (Å²) in [6.45, 7) is 4.38. The first-order valence-electron chi connectivity index (χ1n) is 9.41. The number of hydrogen-bond donors (Lipinski definition) is 1. The van der Waals surface area contributed by atoms with E-state index in [-0.39, 0.29) is 22.4 Å². The maximum absolute atomic E-state index is 12.8. The first-order valence-corrected chi connectivity index (χ1v) is 10.8. The summed E-state index contributed by atoms with van der Waals surface area (Å²) in [5.41, 5.74) is 0.113. The molecule has 0 aromatic heterocycles. The van der Waals surface area contributed by atoms with Crippen molar-refractivity contribution in [2.75, 3.05) is 19.7 Å². The lowest BCUT2D eigenvalue weighted by Crippen LogP contribution is -2.35. The number of nitrogens with one attached hydrogen (secondary N) is 1. The molecule has 1 atom stereocenters. The highest BCUT2D eigenvalue weighted by molar-refractivity contribution is 7.89. The van der Waals surface area contributed by atoms with Crippen molar-refractivity contribution in [1.82, 2.24) is 9.62 Å². The molecule has 150 valence electrons. The SMILES string of the molecule is CC[C@H](C)NC(=O)COC(=O)c1cccc(S(=O)(=O)N2CCCCCC2)c1. The van der Waals surface area contributed by atoms with E-state index in [1.165, 1.54) is 28.6 Å². The number of hydrogen-bond acceptors (Lipinski definition) is 5. The van der Waals surface area contributed by atoms with Gasteiger partial charge in [-0.2, -0.15) is 4.31 Å². The van der Waals surface area contributed by atoms with Crippen LogP contribution in [0.5, 0.6) is 0 Å². The second-order valence-electron chi connectivity index (χ2n) is 6.80. The van der Waals surface area contributed by atoms with E-state index >= 15 is 0 Å². The highest BCUT2D eigenvalue weighted by atomic mass is 32.2. The Morgan fingerprint density at radius 3 is 2.48 bits per heavy atom. The van der Waals surface area contributed by atoms with Crippen LogP contribution >= 0.6 is 0 Å². The van der Waals surface area contributed by atoms with Crippen molar-refractivity contribution < 1.29 is 22.7 Å². The molecule has 1 saturated heterocycles. The van der Waals surface area contributed by atoms with Crippen LogP contribution in [0.1, 0.15) is 56.3 Å². The molecule has 1 N–H and O–H groups in total. The lowest BCUT2D eigenvalue weighted by Gasteiger charge is -2.20. The van der Waals surface area contributed by atoms with Crippen LogP contribution in [0.2, 0.25) is 0 Å².